The number of hydrogen-bond donors (Lipinski definition) is 0. The van der Waals surface area contributed by atoms with Crippen LogP contribution in [0.5, 0.6) is 0 Å². The highest BCUT2D eigenvalue weighted by atomic mass is 79.9. The first kappa shape index (κ1) is 25.6. The average Bonchev–Trinajstić information content (AvgIpc) is 3.40. The quantitative estimate of drug-likeness (QED) is 0.168. The van der Waals surface area contributed by atoms with Gasteiger partial charge in [0, 0.05) is 36.8 Å². The summed E-state index contributed by atoms with van der Waals surface area (Å²) < 4.78 is 2.68. The van der Waals surface area contributed by atoms with Gasteiger partial charge < -0.3 is 0 Å². The fourth-order valence-corrected chi connectivity index (χ4v) is 6.25. The summed E-state index contributed by atoms with van der Waals surface area (Å²) in [6.45, 7) is 0. The lowest BCUT2D eigenvalue weighted by Gasteiger charge is -2.10. The number of thiazole rings is 1. The highest BCUT2D eigenvalue weighted by molar-refractivity contribution is 9.10. The Bertz CT molecular complexity index is 1770. The van der Waals surface area contributed by atoms with Crippen LogP contribution in [-0.2, 0) is 0 Å². The molecule has 1 heterocycles. The summed E-state index contributed by atoms with van der Waals surface area (Å²) in [5.41, 5.74) is 5.83. The second kappa shape index (κ2) is 10.8. The number of aromatic nitrogens is 1. The molecule has 39 heavy (non-hydrogen) atoms. The molecule has 0 bridgehead atoms. The van der Waals surface area contributed by atoms with Crippen LogP contribution in [0.2, 0.25) is 0 Å². The number of hydrogen-bond acceptors (Lipinski definition) is 4. The van der Waals surface area contributed by atoms with Gasteiger partial charge in [-0.1, -0.05) is 111 Å². The van der Waals surface area contributed by atoms with Crippen molar-refractivity contribution in [1.82, 2.24) is 4.98 Å². The summed E-state index contributed by atoms with van der Waals surface area (Å²) in [6.07, 6.45) is 0. The minimum Gasteiger partial charge on any atom is -0.289 e. The molecular formula is C33H19Br2NO2S. The van der Waals surface area contributed by atoms with Crippen molar-refractivity contribution in [3.05, 3.63) is 146 Å². The summed E-state index contributed by atoms with van der Waals surface area (Å²) in [5.74, 6) is -0.0873. The predicted octanol–water partition coefficient (Wildman–Crippen LogP) is 9.62. The molecule has 5 aromatic carbocycles. The van der Waals surface area contributed by atoms with E-state index in [4.69, 9.17) is 4.98 Å². The van der Waals surface area contributed by atoms with Gasteiger partial charge in [0.1, 0.15) is 5.01 Å². The first-order valence-electron chi connectivity index (χ1n) is 12.2. The minimum absolute atomic E-state index is 0.0371. The lowest BCUT2D eigenvalue weighted by atomic mass is 9.94. The number of carbonyl (C=O) groups is 2. The molecule has 0 atom stereocenters. The zero-order chi connectivity index (χ0) is 26.9. The molecule has 0 saturated carbocycles. The van der Waals surface area contributed by atoms with Gasteiger partial charge in [-0.25, -0.2) is 4.98 Å². The Kier molecular flexibility index (Phi) is 7.09. The topological polar surface area (TPSA) is 47.0 Å². The van der Waals surface area contributed by atoms with Crippen LogP contribution in [0.25, 0.3) is 31.9 Å². The molecule has 0 unspecified atom stereocenters. The van der Waals surface area contributed by atoms with E-state index in [1.165, 1.54) is 0 Å². The molecule has 0 spiro atoms. The van der Waals surface area contributed by atoms with Crippen LogP contribution in [-0.4, -0.2) is 16.6 Å². The fourth-order valence-electron chi connectivity index (χ4n) is 4.55. The van der Waals surface area contributed by atoms with Crippen LogP contribution in [0.1, 0.15) is 31.8 Å². The van der Waals surface area contributed by atoms with Gasteiger partial charge in [0.2, 0.25) is 0 Å². The van der Waals surface area contributed by atoms with E-state index in [9.17, 15) is 9.59 Å². The Balaban J connectivity index is 1.43. The van der Waals surface area contributed by atoms with E-state index in [1.807, 2.05) is 115 Å². The van der Waals surface area contributed by atoms with E-state index in [0.29, 0.717) is 22.3 Å². The van der Waals surface area contributed by atoms with Gasteiger partial charge in [0.05, 0.1) is 10.2 Å². The van der Waals surface area contributed by atoms with Crippen LogP contribution >= 0.6 is 43.2 Å². The van der Waals surface area contributed by atoms with Crippen LogP contribution in [0.4, 0.5) is 0 Å². The molecule has 6 heteroatoms. The van der Waals surface area contributed by atoms with Crippen molar-refractivity contribution in [3.63, 3.8) is 0 Å². The molecule has 6 rings (SSSR count). The molecule has 1 aromatic heterocycles. The molecule has 6 aromatic rings. The van der Waals surface area contributed by atoms with Gasteiger partial charge in [-0.3, -0.25) is 9.59 Å². The number of nitrogens with zero attached hydrogens (tertiary/aromatic N) is 1. The predicted molar refractivity (Wildman–Crippen MR) is 166 cm³/mol. The van der Waals surface area contributed by atoms with E-state index >= 15 is 0 Å². The molecule has 0 fully saturated rings. The van der Waals surface area contributed by atoms with Crippen LogP contribution in [0.3, 0.4) is 0 Å². The molecule has 3 nitrogen and oxygen atoms in total. The summed E-state index contributed by atoms with van der Waals surface area (Å²) in [4.78, 5) is 31.8. The second-order valence-electron chi connectivity index (χ2n) is 8.97. The number of carbonyl (C=O) groups excluding carboxylic acids is 2. The van der Waals surface area contributed by atoms with Gasteiger partial charge in [-0.05, 0) is 47.5 Å². The number of fused-ring (bicyclic) bond motifs is 1. The van der Waals surface area contributed by atoms with Gasteiger partial charge in [0.25, 0.3) is 0 Å². The Labute approximate surface area is 246 Å². The fraction of sp³-hybridized carbons (Fsp3) is 0. The molecule has 0 amide bonds. The van der Waals surface area contributed by atoms with E-state index < -0.39 is 0 Å². The largest absolute Gasteiger partial charge is 0.289 e. The maximum Gasteiger partial charge on any atom is 0.193 e. The number of benzene rings is 5. The average molecular weight is 653 g/mol. The lowest BCUT2D eigenvalue weighted by molar-refractivity contribution is 0.103. The van der Waals surface area contributed by atoms with Crippen molar-refractivity contribution < 1.29 is 9.59 Å². The first-order chi connectivity index (χ1) is 19.0. The Hall–Kier alpha value is -3.71. The highest BCUT2D eigenvalue weighted by Crippen LogP contribution is 2.37. The molecule has 188 valence electrons. The number of halogens is 2. The van der Waals surface area contributed by atoms with E-state index in [2.05, 4.69) is 31.9 Å². The van der Waals surface area contributed by atoms with Crippen molar-refractivity contribution in [2.75, 3.05) is 0 Å². The summed E-state index contributed by atoms with van der Waals surface area (Å²) in [5, 5.41) is 0.769. The maximum absolute atomic E-state index is 13.4. The zero-order valence-corrected chi connectivity index (χ0v) is 24.4. The Morgan fingerprint density at radius 3 is 1.72 bits per heavy atom. The van der Waals surface area contributed by atoms with Gasteiger partial charge in [-0.15, -0.1) is 11.3 Å². The van der Waals surface area contributed by atoms with Crippen LogP contribution < -0.4 is 0 Å². The summed E-state index contributed by atoms with van der Waals surface area (Å²) >= 11 is 8.59. The standard InChI is InChI=1S/C33H19Br2NO2S/c34-23-12-14-25(27(18-23)31(37)20-7-3-1-4-8-20)22-11-16-30-29(17-22)36-33(39-30)26-15-13-24(35)19-28(26)32(38)21-9-5-2-6-10-21/h1-19H. The molecule has 0 aliphatic heterocycles. The maximum atomic E-state index is 13.4. The summed E-state index contributed by atoms with van der Waals surface area (Å²) in [6, 6.07) is 36.1. The van der Waals surface area contributed by atoms with Crippen LogP contribution in [0.15, 0.2) is 124 Å². The Morgan fingerprint density at radius 2 is 1.13 bits per heavy atom. The molecule has 0 N–H and O–H groups in total. The highest BCUT2D eigenvalue weighted by Gasteiger charge is 2.20. The SMILES string of the molecule is O=C(c1ccccc1)c1cc(Br)ccc1-c1ccc2sc(-c3ccc(Br)cc3C(=O)c3ccccc3)nc2c1. The van der Waals surface area contributed by atoms with Crippen LogP contribution in [0, 0.1) is 0 Å². The van der Waals surface area contributed by atoms with Crippen molar-refractivity contribution in [3.8, 4) is 21.7 Å². The first-order valence-corrected chi connectivity index (χ1v) is 14.6. The molecule has 0 radical (unpaired) electrons. The summed E-state index contributed by atoms with van der Waals surface area (Å²) in [7, 11) is 0. The van der Waals surface area contributed by atoms with Gasteiger partial charge in [-0.2, -0.15) is 0 Å². The molecular weight excluding hydrogens is 634 g/mol. The van der Waals surface area contributed by atoms with E-state index in [-0.39, 0.29) is 11.6 Å². The lowest BCUT2D eigenvalue weighted by Crippen LogP contribution is -2.03. The third-order valence-electron chi connectivity index (χ3n) is 6.45. The monoisotopic (exact) mass is 651 g/mol. The number of rotatable bonds is 6. The third kappa shape index (κ3) is 5.15. The van der Waals surface area contributed by atoms with Gasteiger partial charge in [0.15, 0.2) is 11.6 Å². The Morgan fingerprint density at radius 1 is 0.590 bits per heavy atom. The smallest absolute Gasteiger partial charge is 0.193 e. The van der Waals surface area contributed by atoms with Crippen molar-refractivity contribution in [1.29, 1.82) is 0 Å². The van der Waals surface area contributed by atoms with Crippen molar-refractivity contribution in [2.45, 2.75) is 0 Å². The van der Waals surface area contributed by atoms with E-state index in [1.54, 1.807) is 11.3 Å². The minimum atomic E-state index is -0.0502. The second-order valence-corrected chi connectivity index (χ2v) is 11.8. The van der Waals surface area contributed by atoms with Crippen molar-refractivity contribution >= 4 is 65.0 Å². The molecule has 0 saturated heterocycles. The number of ketones is 2. The van der Waals surface area contributed by atoms with E-state index in [0.717, 1.165) is 40.9 Å². The normalized spacial score (nSPS) is 11.0. The molecule has 0 aliphatic carbocycles. The molecule has 0 aliphatic rings. The zero-order valence-electron chi connectivity index (χ0n) is 20.4. The van der Waals surface area contributed by atoms with Crippen molar-refractivity contribution in [2.24, 2.45) is 0 Å². The van der Waals surface area contributed by atoms with Gasteiger partial charge >= 0.3 is 0 Å². The third-order valence-corrected chi connectivity index (χ3v) is 8.51.